The van der Waals surface area contributed by atoms with E-state index in [9.17, 15) is 0 Å². The molecule has 0 bridgehead atoms. The number of hydrogen-bond acceptors (Lipinski definition) is 6. The van der Waals surface area contributed by atoms with Crippen LogP contribution in [0.1, 0.15) is 26.2 Å². The van der Waals surface area contributed by atoms with E-state index in [-0.39, 0.29) is 0 Å². The molecule has 0 saturated carbocycles. The molecule has 3 heterocycles. The van der Waals surface area contributed by atoms with Crippen molar-refractivity contribution in [1.29, 1.82) is 0 Å². The second-order valence-electron chi connectivity index (χ2n) is 6.75. The monoisotopic (exact) mass is 371 g/mol. The number of likely N-dealkylation sites (tertiary alicyclic amines) is 1. The Hall–Kier alpha value is -2.18. The van der Waals surface area contributed by atoms with E-state index in [4.69, 9.17) is 16.1 Å². The average Bonchev–Trinajstić information content (AvgIpc) is 3.09. The van der Waals surface area contributed by atoms with Crippen LogP contribution in [0.2, 0.25) is 5.02 Å². The van der Waals surface area contributed by atoms with Gasteiger partial charge in [-0.05, 0) is 38.4 Å². The average molecular weight is 372 g/mol. The highest BCUT2D eigenvalue weighted by Crippen LogP contribution is 2.31. The van der Waals surface area contributed by atoms with Crippen molar-refractivity contribution in [3.8, 4) is 11.3 Å². The summed E-state index contributed by atoms with van der Waals surface area (Å²) < 4.78 is 5.40. The van der Waals surface area contributed by atoms with Crippen molar-refractivity contribution in [2.24, 2.45) is 0 Å². The summed E-state index contributed by atoms with van der Waals surface area (Å²) in [5.41, 5.74) is 2.14. The first kappa shape index (κ1) is 17.2. The van der Waals surface area contributed by atoms with Crippen molar-refractivity contribution in [2.45, 2.75) is 32.2 Å². The van der Waals surface area contributed by atoms with Gasteiger partial charge in [0.1, 0.15) is 23.2 Å². The third kappa shape index (κ3) is 3.52. The number of nitrogens with zero attached hydrogens (tertiary/aromatic N) is 4. The van der Waals surface area contributed by atoms with Gasteiger partial charge in [-0.3, -0.25) is 4.90 Å². The van der Waals surface area contributed by atoms with Gasteiger partial charge in [-0.25, -0.2) is 4.98 Å². The lowest BCUT2D eigenvalue weighted by molar-refractivity contribution is 0.167. The molecule has 3 aromatic rings. The zero-order chi connectivity index (χ0) is 17.9. The Balaban J connectivity index is 1.55. The van der Waals surface area contributed by atoms with Crippen LogP contribution in [0.3, 0.4) is 0 Å². The highest BCUT2D eigenvalue weighted by molar-refractivity contribution is 6.30. The van der Waals surface area contributed by atoms with Gasteiger partial charge in [0.2, 0.25) is 0 Å². The molecule has 26 heavy (non-hydrogen) atoms. The van der Waals surface area contributed by atoms with Crippen molar-refractivity contribution in [1.82, 2.24) is 20.0 Å². The summed E-state index contributed by atoms with van der Waals surface area (Å²) in [6.07, 6.45) is 5.41. The summed E-state index contributed by atoms with van der Waals surface area (Å²) >= 11 is 5.99. The fraction of sp³-hybridized carbons (Fsp3) is 0.421. The van der Waals surface area contributed by atoms with Crippen LogP contribution in [0.4, 0.5) is 5.82 Å². The molecule has 0 amide bonds. The molecule has 136 valence electrons. The van der Waals surface area contributed by atoms with Gasteiger partial charge in [-0.15, -0.1) is 0 Å². The smallest absolute Gasteiger partial charge is 0.263 e. The van der Waals surface area contributed by atoms with E-state index < -0.39 is 0 Å². The summed E-state index contributed by atoms with van der Waals surface area (Å²) in [5, 5.41) is 9.13. The molecule has 1 saturated heterocycles. The lowest BCUT2D eigenvalue weighted by atomic mass is 10.0. The Morgan fingerprint density at radius 2 is 2.08 bits per heavy atom. The number of aromatic nitrogens is 3. The minimum Gasteiger partial charge on any atom is -0.368 e. The summed E-state index contributed by atoms with van der Waals surface area (Å²) in [4.78, 5) is 11.1. The molecule has 1 unspecified atom stereocenters. The Morgan fingerprint density at radius 1 is 1.23 bits per heavy atom. The predicted octanol–water partition coefficient (Wildman–Crippen LogP) is 4.22. The molecule has 1 aliphatic heterocycles. The van der Waals surface area contributed by atoms with E-state index in [2.05, 4.69) is 32.3 Å². The second kappa shape index (κ2) is 7.60. The summed E-state index contributed by atoms with van der Waals surface area (Å²) in [6, 6.07) is 8.17. The summed E-state index contributed by atoms with van der Waals surface area (Å²) in [7, 11) is 0. The first-order valence-electron chi connectivity index (χ1n) is 9.06. The van der Waals surface area contributed by atoms with E-state index in [0.29, 0.717) is 16.8 Å². The normalized spacial score (nSPS) is 18.3. The molecular formula is C19H22ClN5O. The fourth-order valence-electron chi connectivity index (χ4n) is 3.53. The van der Waals surface area contributed by atoms with E-state index in [1.165, 1.54) is 32.1 Å². The van der Waals surface area contributed by atoms with Crippen LogP contribution >= 0.6 is 11.6 Å². The van der Waals surface area contributed by atoms with Crippen molar-refractivity contribution >= 4 is 28.5 Å². The molecule has 0 spiro atoms. The molecule has 4 rings (SSSR count). The van der Waals surface area contributed by atoms with Crippen molar-refractivity contribution in [3.05, 3.63) is 35.6 Å². The number of hydrogen-bond donors (Lipinski definition) is 1. The van der Waals surface area contributed by atoms with Crippen LogP contribution in [-0.2, 0) is 0 Å². The Morgan fingerprint density at radius 3 is 2.88 bits per heavy atom. The first-order chi connectivity index (χ1) is 12.7. The molecule has 7 heteroatoms. The number of fused-ring (bicyclic) bond motifs is 1. The van der Waals surface area contributed by atoms with Crippen LogP contribution < -0.4 is 5.32 Å². The van der Waals surface area contributed by atoms with Gasteiger partial charge >= 0.3 is 0 Å². The number of rotatable bonds is 5. The third-order valence-electron chi connectivity index (χ3n) is 5.02. The molecule has 0 aliphatic carbocycles. The number of nitrogens with one attached hydrogen (secondary N) is 1. The van der Waals surface area contributed by atoms with Crippen molar-refractivity contribution in [2.75, 3.05) is 25.0 Å². The molecule has 1 fully saturated rings. The highest BCUT2D eigenvalue weighted by Gasteiger charge is 2.19. The van der Waals surface area contributed by atoms with E-state index in [1.807, 2.05) is 24.3 Å². The molecule has 2 aromatic heterocycles. The third-order valence-corrected chi connectivity index (χ3v) is 5.27. The molecule has 1 aliphatic rings. The van der Waals surface area contributed by atoms with Gasteiger partial charge in [-0.2, -0.15) is 4.98 Å². The van der Waals surface area contributed by atoms with Gasteiger partial charge in [-0.1, -0.05) is 35.3 Å². The Bertz CT molecular complexity index is 879. The van der Waals surface area contributed by atoms with E-state index in [1.54, 1.807) is 0 Å². The number of anilines is 1. The minimum atomic E-state index is 0.485. The van der Waals surface area contributed by atoms with Crippen LogP contribution in [0.15, 0.2) is 35.1 Å². The Kier molecular flexibility index (Phi) is 5.04. The zero-order valence-corrected chi connectivity index (χ0v) is 15.5. The van der Waals surface area contributed by atoms with Gasteiger partial charge < -0.3 is 9.84 Å². The molecule has 1 atom stereocenters. The van der Waals surface area contributed by atoms with Crippen LogP contribution in [0, 0.1) is 0 Å². The second-order valence-corrected chi connectivity index (χ2v) is 7.18. The topological polar surface area (TPSA) is 67.1 Å². The number of piperidine rings is 1. The lowest BCUT2D eigenvalue weighted by Gasteiger charge is -2.33. The van der Waals surface area contributed by atoms with E-state index >= 15 is 0 Å². The molecule has 6 nitrogen and oxygen atoms in total. The van der Waals surface area contributed by atoms with Gasteiger partial charge in [0.05, 0.1) is 0 Å². The molecule has 1 N–H and O–H groups in total. The highest BCUT2D eigenvalue weighted by atomic mass is 35.5. The molecule has 0 radical (unpaired) electrons. The lowest BCUT2D eigenvalue weighted by Crippen LogP contribution is -2.40. The van der Waals surface area contributed by atoms with Gasteiger partial charge in [0, 0.05) is 29.7 Å². The first-order valence-corrected chi connectivity index (χ1v) is 9.44. The number of halogens is 1. The van der Waals surface area contributed by atoms with Crippen molar-refractivity contribution < 1.29 is 4.52 Å². The maximum absolute atomic E-state index is 5.99. The van der Waals surface area contributed by atoms with Crippen molar-refractivity contribution in [3.63, 3.8) is 0 Å². The standard InChI is InChI=1S/C19H22ClN5O/c1-13-4-2-3-10-25(13)11-9-21-18-16-17(14-5-7-15(20)8-6-14)24-26-19(16)23-12-22-18/h5-8,12-13H,2-4,9-11H2,1H3,(H,21,22,23). The SMILES string of the molecule is CC1CCCCN1CCNc1ncnc2onc(-c3ccc(Cl)cc3)c12. The fourth-order valence-corrected chi connectivity index (χ4v) is 3.66. The maximum Gasteiger partial charge on any atom is 0.263 e. The minimum absolute atomic E-state index is 0.485. The van der Waals surface area contributed by atoms with Gasteiger partial charge in [0.25, 0.3) is 5.71 Å². The van der Waals surface area contributed by atoms with Crippen LogP contribution in [-0.4, -0.2) is 45.7 Å². The van der Waals surface area contributed by atoms with Crippen LogP contribution in [0.25, 0.3) is 22.4 Å². The number of benzene rings is 1. The van der Waals surface area contributed by atoms with Gasteiger partial charge in [0.15, 0.2) is 0 Å². The summed E-state index contributed by atoms with van der Waals surface area (Å²) in [6.45, 7) is 5.29. The largest absolute Gasteiger partial charge is 0.368 e. The van der Waals surface area contributed by atoms with Crippen LogP contribution in [0.5, 0.6) is 0 Å². The Labute approximate surface area is 157 Å². The van der Waals surface area contributed by atoms with E-state index in [0.717, 1.165) is 35.6 Å². The molecule has 1 aromatic carbocycles. The molecular weight excluding hydrogens is 350 g/mol. The summed E-state index contributed by atoms with van der Waals surface area (Å²) in [5.74, 6) is 0.755. The zero-order valence-electron chi connectivity index (χ0n) is 14.8. The predicted molar refractivity (Wildman–Crippen MR) is 103 cm³/mol. The maximum atomic E-state index is 5.99. The quantitative estimate of drug-likeness (QED) is 0.724.